The minimum atomic E-state index is -0.472. The third-order valence-electron chi connectivity index (χ3n) is 3.06. The van der Waals surface area contributed by atoms with Crippen molar-refractivity contribution in [1.29, 1.82) is 0 Å². The van der Waals surface area contributed by atoms with Crippen LogP contribution in [0.5, 0.6) is 0 Å². The first-order chi connectivity index (χ1) is 9.81. The number of carbonyl (C=O) groups excluding carboxylic acids is 1. The van der Waals surface area contributed by atoms with Gasteiger partial charge in [0.15, 0.2) is 5.78 Å². The standard InChI is InChI=1S/C14H11BrCl2N2O2/c1-7-13(15)8(2)19(14(21)18-7)6-12(20)10-5-9(16)3-4-11(10)17/h3-5H,6H2,1-2H3. The lowest BCUT2D eigenvalue weighted by molar-refractivity contribution is 0.0969. The number of nitrogens with zero attached hydrogens (tertiary/aromatic N) is 2. The third-order valence-corrected chi connectivity index (χ3v) is 4.78. The molecule has 0 spiro atoms. The number of halogens is 3. The highest BCUT2D eigenvalue weighted by Gasteiger charge is 2.16. The fourth-order valence-electron chi connectivity index (χ4n) is 1.90. The van der Waals surface area contributed by atoms with Gasteiger partial charge in [0, 0.05) is 16.3 Å². The third kappa shape index (κ3) is 3.36. The highest BCUT2D eigenvalue weighted by atomic mass is 79.9. The lowest BCUT2D eigenvalue weighted by atomic mass is 10.1. The highest BCUT2D eigenvalue weighted by molar-refractivity contribution is 9.10. The number of aryl methyl sites for hydroxylation is 1. The van der Waals surface area contributed by atoms with Crippen molar-refractivity contribution < 1.29 is 4.79 Å². The molecule has 0 aliphatic heterocycles. The second-order valence-corrected chi connectivity index (χ2v) is 6.15. The molecule has 4 nitrogen and oxygen atoms in total. The van der Waals surface area contributed by atoms with E-state index in [1.54, 1.807) is 26.0 Å². The molecule has 0 aliphatic carbocycles. The fraction of sp³-hybridized carbons (Fsp3) is 0.214. The first-order valence-corrected chi connectivity index (χ1v) is 7.58. The predicted octanol–water partition coefficient (Wildman–Crippen LogP) is 3.81. The van der Waals surface area contributed by atoms with Crippen LogP contribution in [0.3, 0.4) is 0 Å². The van der Waals surface area contributed by atoms with Gasteiger partial charge in [0.2, 0.25) is 0 Å². The molecule has 2 rings (SSSR count). The van der Waals surface area contributed by atoms with E-state index in [4.69, 9.17) is 23.2 Å². The number of benzene rings is 1. The maximum atomic E-state index is 12.3. The van der Waals surface area contributed by atoms with Crippen molar-refractivity contribution in [2.24, 2.45) is 0 Å². The molecular formula is C14H11BrCl2N2O2. The Morgan fingerprint density at radius 2 is 2.00 bits per heavy atom. The van der Waals surface area contributed by atoms with Gasteiger partial charge in [-0.2, -0.15) is 4.98 Å². The molecule has 0 amide bonds. The van der Waals surface area contributed by atoms with E-state index in [0.29, 0.717) is 25.9 Å². The molecule has 0 N–H and O–H groups in total. The molecular weight excluding hydrogens is 379 g/mol. The normalized spacial score (nSPS) is 10.7. The summed E-state index contributed by atoms with van der Waals surface area (Å²) in [6.45, 7) is 3.32. The zero-order chi connectivity index (χ0) is 15.7. The van der Waals surface area contributed by atoms with Crippen molar-refractivity contribution in [3.63, 3.8) is 0 Å². The van der Waals surface area contributed by atoms with Gasteiger partial charge in [-0.3, -0.25) is 9.36 Å². The molecule has 2 aromatic rings. The van der Waals surface area contributed by atoms with E-state index in [1.807, 2.05) is 0 Å². The molecule has 0 atom stereocenters. The fourth-order valence-corrected chi connectivity index (χ4v) is 2.60. The maximum absolute atomic E-state index is 12.3. The van der Waals surface area contributed by atoms with E-state index in [0.717, 1.165) is 0 Å². The van der Waals surface area contributed by atoms with Crippen LogP contribution in [0, 0.1) is 13.8 Å². The number of carbonyl (C=O) groups is 1. The van der Waals surface area contributed by atoms with Gasteiger partial charge >= 0.3 is 5.69 Å². The van der Waals surface area contributed by atoms with Crippen molar-refractivity contribution in [3.8, 4) is 0 Å². The maximum Gasteiger partial charge on any atom is 0.348 e. The highest BCUT2D eigenvalue weighted by Crippen LogP contribution is 2.22. The summed E-state index contributed by atoms with van der Waals surface area (Å²) in [6.07, 6.45) is 0. The van der Waals surface area contributed by atoms with Crippen LogP contribution >= 0.6 is 39.1 Å². The average molecular weight is 390 g/mol. The van der Waals surface area contributed by atoms with E-state index in [-0.39, 0.29) is 17.9 Å². The summed E-state index contributed by atoms with van der Waals surface area (Å²) in [7, 11) is 0. The van der Waals surface area contributed by atoms with Gasteiger partial charge in [-0.25, -0.2) is 4.79 Å². The molecule has 0 radical (unpaired) electrons. The van der Waals surface area contributed by atoms with Crippen molar-refractivity contribution in [3.05, 3.63) is 60.2 Å². The SMILES string of the molecule is Cc1nc(=O)n(CC(=O)c2cc(Cl)ccc2Cl)c(C)c1Br. The topological polar surface area (TPSA) is 52.0 Å². The largest absolute Gasteiger partial charge is 0.348 e. The van der Waals surface area contributed by atoms with Crippen LogP contribution in [-0.4, -0.2) is 15.3 Å². The molecule has 7 heteroatoms. The van der Waals surface area contributed by atoms with Crippen molar-refractivity contribution in [1.82, 2.24) is 9.55 Å². The molecule has 0 bridgehead atoms. The summed E-state index contributed by atoms with van der Waals surface area (Å²) in [4.78, 5) is 28.2. The van der Waals surface area contributed by atoms with Crippen LogP contribution in [0.2, 0.25) is 10.0 Å². The van der Waals surface area contributed by atoms with Crippen LogP contribution in [0.1, 0.15) is 21.7 Å². The molecule has 0 aliphatic rings. The Labute approximate surface area is 139 Å². The van der Waals surface area contributed by atoms with Gasteiger partial charge in [-0.15, -0.1) is 0 Å². The predicted molar refractivity (Wildman–Crippen MR) is 86.5 cm³/mol. The van der Waals surface area contributed by atoms with Gasteiger partial charge in [0.05, 0.1) is 21.7 Å². The molecule has 1 heterocycles. The van der Waals surface area contributed by atoms with Crippen molar-refractivity contribution in [2.75, 3.05) is 0 Å². The lowest BCUT2D eigenvalue weighted by Gasteiger charge is -2.12. The van der Waals surface area contributed by atoms with E-state index in [1.165, 1.54) is 10.6 Å². The van der Waals surface area contributed by atoms with Crippen LogP contribution in [0.25, 0.3) is 0 Å². The summed E-state index contributed by atoms with van der Waals surface area (Å²) in [6, 6.07) is 4.64. The Hall–Kier alpha value is -1.17. The Bertz CT molecular complexity index is 787. The second kappa shape index (κ2) is 6.30. The van der Waals surface area contributed by atoms with Crippen molar-refractivity contribution in [2.45, 2.75) is 20.4 Å². The van der Waals surface area contributed by atoms with Gasteiger partial charge in [0.1, 0.15) is 0 Å². The zero-order valence-corrected chi connectivity index (χ0v) is 14.4. The first-order valence-electron chi connectivity index (χ1n) is 6.03. The van der Waals surface area contributed by atoms with Gasteiger partial charge in [-0.05, 0) is 48.0 Å². The minimum absolute atomic E-state index is 0.142. The molecule has 1 aromatic heterocycles. The summed E-state index contributed by atoms with van der Waals surface area (Å²) >= 11 is 15.2. The van der Waals surface area contributed by atoms with Crippen LogP contribution < -0.4 is 5.69 Å². The molecule has 0 saturated heterocycles. The van der Waals surface area contributed by atoms with E-state index in [9.17, 15) is 9.59 Å². The Morgan fingerprint density at radius 1 is 1.33 bits per heavy atom. The first kappa shape index (κ1) is 16.2. The number of hydrogen-bond acceptors (Lipinski definition) is 3. The summed E-state index contributed by atoms with van der Waals surface area (Å²) in [5.41, 5.74) is 1.04. The van der Waals surface area contributed by atoms with E-state index < -0.39 is 5.69 Å². The zero-order valence-electron chi connectivity index (χ0n) is 11.3. The average Bonchev–Trinajstić information content (AvgIpc) is 2.43. The van der Waals surface area contributed by atoms with Crippen molar-refractivity contribution >= 4 is 44.9 Å². The van der Waals surface area contributed by atoms with Crippen LogP contribution in [-0.2, 0) is 6.54 Å². The smallest absolute Gasteiger partial charge is 0.292 e. The molecule has 21 heavy (non-hydrogen) atoms. The summed E-state index contributed by atoms with van der Waals surface area (Å²) < 4.78 is 2.00. The number of Topliss-reactive ketones (excluding diaryl/α,β-unsaturated/α-hetero) is 1. The number of ketones is 1. The Kier molecular flexibility index (Phi) is 4.86. The Balaban J connectivity index is 2.43. The van der Waals surface area contributed by atoms with Gasteiger partial charge in [0.25, 0.3) is 0 Å². The van der Waals surface area contributed by atoms with Gasteiger partial charge < -0.3 is 0 Å². The molecule has 0 unspecified atom stereocenters. The van der Waals surface area contributed by atoms with Crippen LogP contribution in [0.15, 0.2) is 27.5 Å². The van der Waals surface area contributed by atoms with Gasteiger partial charge in [-0.1, -0.05) is 23.2 Å². The molecule has 0 saturated carbocycles. The summed E-state index contributed by atoms with van der Waals surface area (Å²) in [5, 5.41) is 0.712. The molecule has 1 aromatic carbocycles. The van der Waals surface area contributed by atoms with Crippen LogP contribution in [0.4, 0.5) is 0 Å². The second-order valence-electron chi connectivity index (χ2n) is 4.51. The van der Waals surface area contributed by atoms with E-state index >= 15 is 0 Å². The minimum Gasteiger partial charge on any atom is -0.292 e. The number of hydrogen-bond donors (Lipinski definition) is 0. The molecule has 0 fully saturated rings. The lowest BCUT2D eigenvalue weighted by Crippen LogP contribution is -2.29. The van der Waals surface area contributed by atoms with E-state index in [2.05, 4.69) is 20.9 Å². The summed E-state index contributed by atoms with van der Waals surface area (Å²) in [5.74, 6) is -0.301. The number of rotatable bonds is 3. The quantitative estimate of drug-likeness (QED) is 0.750. The Morgan fingerprint density at radius 3 is 2.67 bits per heavy atom. The monoisotopic (exact) mass is 388 g/mol. The molecule has 110 valence electrons. The number of aromatic nitrogens is 2.